The monoisotopic (exact) mass is 404 g/mol. The van der Waals surface area contributed by atoms with Crippen LogP contribution in [0.3, 0.4) is 0 Å². The predicted octanol–water partition coefficient (Wildman–Crippen LogP) is 4.16. The topological polar surface area (TPSA) is 67.8 Å². The van der Waals surface area contributed by atoms with Gasteiger partial charge in [0.2, 0.25) is 5.91 Å². The van der Waals surface area contributed by atoms with Gasteiger partial charge in [-0.3, -0.25) is 9.59 Å². The van der Waals surface area contributed by atoms with Crippen LogP contribution in [0.15, 0.2) is 52.4 Å². The molecule has 138 valence electrons. The van der Waals surface area contributed by atoms with E-state index in [9.17, 15) is 14.0 Å². The number of amidine groups is 1. The molecule has 0 unspecified atom stereocenters. The van der Waals surface area contributed by atoms with E-state index in [1.54, 1.807) is 36.4 Å². The van der Waals surface area contributed by atoms with E-state index in [1.165, 1.54) is 19.1 Å². The number of ether oxygens (including phenoxy) is 1. The van der Waals surface area contributed by atoms with Gasteiger partial charge in [-0.1, -0.05) is 23.7 Å². The highest BCUT2D eigenvalue weighted by Crippen LogP contribution is 2.32. The first-order chi connectivity index (χ1) is 12.9. The van der Waals surface area contributed by atoms with E-state index >= 15 is 0 Å². The first-order valence-corrected chi connectivity index (χ1v) is 9.07. The van der Waals surface area contributed by atoms with Crippen molar-refractivity contribution in [2.45, 2.75) is 13.5 Å². The Labute approximate surface area is 164 Å². The van der Waals surface area contributed by atoms with Crippen molar-refractivity contribution in [2.24, 2.45) is 4.99 Å². The minimum absolute atomic E-state index is 0.229. The number of amides is 2. The average molecular weight is 405 g/mol. The lowest BCUT2D eigenvalue weighted by molar-refractivity contribution is -0.117. The smallest absolute Gasteiger partial charge is 0.286 e. The molecule has 2 amide bonds. The van der Waals surface area contributed by atoms with Gasteiger partial charge in [0, 0.05) is 17.5 Å². The van der Waals surface area contributed by atoms with E-state index < -0.39 is 5.91 Å². The van der Waals surface area contributed by atoms with Crippen LogP contribution in [0.4, 0.5) is 4.39 Å². The summed E-state index contributed by atoms with van der Waals surface area (Å²) in [4.78, 5) is 27.3. The lowest BCUT2D eigenvalue weighted by Crippen LogP contribution is -2.23. The van der Waals surface area contributed by atoms with E-state index in [0.717, 1.165) is 17.3 Å². The number of aliphatic imine (C=N–C) groups is 1. The summed E-state index contributed by atoms with van der Waals surface area (Å²) < 4.78 is 18.8. The molecule has 0 aliphatic carbocycles. The molecular formula is C19H14ClFN2O3S. The van der Waals surface area contributed by atoms with E-state index in [4.69, 9.17) is 16.3 Å². The largest absolute Gasteiger partial charge is 0.488 e. The maximum Gasteiger partial charge on any atom is 0.286 e. The number of thioether (sulfide) groups is 1. The Bertz CT molecular complexity index is 958. The molecule has 2 aromatic rings. The summed E-state index contributed by atoms with van der Waals surface area (Å²) in [5.74, 6) is -0.561. The Morgan fingerprint density at radius 3 is 2.74 bits per heavy atom. The van der Waals surface area contributed by atoms with E-state index in [-0.39, 0.29) is 23.5 Å². The maximum atomic E-state index is 13.0. The number of hydrogen-bond acceptors (Lipinski definition) is 4. The number of hydrogen-bond donors (Lipinski definition) is 1. The van der Waals surface area contributed by atoms with Crippen molar-refractivity contribution in [3.8, 4) is 5.75 Å². The molecule has 2 aromatic carbocycles. The van der Waals surface area contributed by atoms with Crippen LogP contribution in [-0.2, 0) is 16.2 Å². The Hall–Kier alpha value is -2.64. The van der Waals surface area contributed by atoms with Crippen LogP contribution in [0, 0.1) is 5.82 Å². The first-order valence-electron chi connectivity index (χ1n) is 7.87. The fraction of sp³-hybridized carbons (Fsp3) is 0.105. The van der Waals surface area contributed by atoms with Crippen molar-refractivity contribution in [1.29, 1.82) is 0 Å². The third kappa shape index (κ3) is 5.18. The molecule has 0 saturated heterocycles. The lowest BCUT2D eigenvalue weighted by atomic mass is 10.1. The van der Waals surface area contributed by atoms with Gasteiger partial charge in [0.05, 0.1) is 4.91 Å². The molecule has 0 aromatic heterocycles. The molecule has 3 rings (SSSR count). The highest BCUT2D eigenvalue weighted by Gasteiger charge is 2.23. The van der Waals surface area contributed by atoms with Crippen LogP contribution in [0.1, 0.15) is 18.1 Å². The van der Waals surface area contributed by atoms with Gasteiger partial charge in [-0.25, -0.2) is 4.39 Å². The SMILES string of the molecule is CC(=O)NC1=NC(=O)/C(=C/c2cc(Cl)ccc2OCc2ccc(F)cc2)S1. The number of rotatable bonds is 4. The van der Waals surface area contributed by atoms with Crippen molar-refractivity contribution < 1.29 is 18.7 Å². The second-order valence-corrected chi connectivity index (χ2v) is 7.08. The van der Waals surface area contributed by atoms with E-state index in [2.05, 4.69) is 10.3 Å². The van der Waals surface area contributed by atoms with Gasteiger partial charge in [0.15, 0.2) is 5.17 Å². The van der Waals surface area contributed by atoms with Crippen molar-refractivity contribution in [3.63, 3.8) is 0 Å². The summed E-state index contributed by atoms with van der Waals surface area (Å²) in [5, 5.41) is 3.20. The quantitative estimate of drug-likeness (QED) is 0.777. The molecule has 0 radical (unpaired) electrons. The Morgan fingerprint density at radius 2 is 2.04 bits per heavy atom. The summed E-state index contributed by atoms with van der Waals surface area (Å²) in [6.07, 6.45) is 1.61. The fourth-order valence-corrected chi connectivity index (χ4v) is 3.29. The standard InChI is InChI=1S/C19H14ClFN2O3S/c1-11(24)22-19-23-18(25)17(27-19)9-13-8-14(20)4-7-16(13)26-10-12-2-5-15(21)6-3-12/h2-9H,10H2,1H3,(H,22,23,24,25)/b17-9-. The third-order valence-corrected chi connectivity index (χ3v) is 4.60. The molecule has 0 saturated carbocycles. The highest BCUT2D eigenvalue weighted by atomic mass is 35.5. The molecule has 0 fully saturated rings. The second-order valence-electron chi connectivity index (χ2n) is 5.61. The Kier molecular flexibility index (Phi) is 5.93. The number of halogens is 2. The molecule has 1 N–H and O–H groups in total. The van der Waals surface area contributed by atoms with Gasteiger partial charge in [-0.05, 0) is 53.7 Å². The van der Waals surface area contributed by atoms with Gasteiger partial charge in [0.25, 0.3) is 5.91 Å². The van der Waals surface area contributed by atoms with Crippen molar-refractivity contribution >= 4 is 46.4 Å². The number of nitrogens with zero attached hydrogens (tertiary/aromatic N) is 1. The van der Waals surface area contributed by atoms with Crippen LogP contribution in [-0.4, -0.2) is 17.0 Å². The van der Waals surface area contributed by atoms with Crippen LogP contribution in [0.2, 0.25) is 5.02 Å². The summed E-state index contributed by atoms with van der Waals surface area (Å²) >= 11 is 7.13. The van der Waals surface area contributed by atoms with Gasteiger partial charge in [-0.2, -0.15) is 4.99 Å². The fourth-order valence-electron chi connectivity index (χ4n) is 2.26. The summed E-state index contributed by atoms with van der Waals surface area (Å²) in [6.45, 7) is 1.57. The van der Waals surface area contributed by atoms with Crippen molar-refractivity contribution in [3.05, 3.63) is 69.3 Å². The average Bonchev–Trinajstić information content (AvgIpc) is 2.94. The molecule has 0 spiro atoms. The number of benzene rings is 2. The van der Waals surface area contributed by atoms with Crippen LogP contribution < -0.4 is 10.1 Å². The maximum absolute atomic E-state index is 13.0. The van der Waals surface area contributed by atoms with Crippen molar-refractivity contribution in [1.82, 2.24) is 5.32 Å². The predicted molar refractivity (Wildman–Crippen MR) is 104 cm³/mol. The molecule has 1 aliphatic rings. The Balaban J connectivity index is 1.79. The zero-order chi connectivity index (χ0) is 19.4. The van der Waals surface area contributed by atoms with Crippen LogP contribution in [0.25, 0.3) is 6.08 Å². The summed E-state index contributed by atoms with van der Waals surface area (Å²) in [7, 11) is 0. The Morgan fingerprint density at radius 1 is 1.30 bits per heavy atom. The zero-order valence-corrected chi connectivity index (χ0v) is 15.7. The van der Waals surface area contributed by atoms with E-state index in [1.807, 2.05) is 0 Å². The van der Waals surface area contributed by atoms with Crippen LogP contribution >= 0.6 is 23.4 Å². The molecular weight excluding hydrogens is 391 g/mol. The molecule has 1 heterocycles. The van der Waals surface area contributed by atoms with Gasteiger partial charge in [-0.15, -0.1) is 0 Å². The molecule has 8 heteroatoms. The molecule has 1 aliphatic heterocycles. The van der Waals surface area contributed by atoms with Gasteiger partial charge < -0.3 is 10.1 Å². The minimum atomic E-state index is -0.451. The third-order valence-electron chi connectivity index (χ3n) is 3.47. The second kappa shape index (κ2) is 8.37. The van der Waals surface area contributed by atoms with Crippen molar-refractivity contribution in [2.75, 3.05) is 0 Å². The van der Waals surface area contributed by atoms with E-state index in [0.29, 0.717) is 21.2 Å². The molecule has 0 atom stereocenters. The summed E-state index contributed by atoms with van der Waals surface area (Å²) in [6, 6.07) is 11.0. The van der Waals surface area contributed by atoms with Gasteiger partial charge in [0.1, 0.15) is 18.2 Å². The zero-order valence-electron chi connectivity index (χ0n) is 14.2. The molecule has 0 bridgehead atoms. The van der Waals surface area contributed by atoms with Gasteiger partial charge >= 0.3 is 0 Å². The number of nitrogens with one attached hydrogen (secondary N) is 1. The minimum Gasteiger partial charge on any atom is -0.488 e. The highest BCUT2D eigenvalue weighted by molar-refractivity contribution is 8.18. The first kappa shape index (κ1) is 19.1. The summed E-state index contributed by atoms with van der Waals surface area (Å²) in [5.41, 5.74) is 1.40. The normalized spacial score (nSPS) is 15.0. The number of carbonyl (C=O) groups is 2. The van der Waals surface area contributed by atoms with Crippen LogP contribution in [0.5, 0.6) is 5.75 Å². The molecule has 5 nitrogen and oxygen atoms in total. The number of carbonyl (C=O) groups excluding carboxylic acids is 2. The molecule has 27 heavy (non-hydrogen) atoms. The lowest BCUT2D eigenvalue weighted by Gasteiger charge is -2.10.